The molecule has 1 atom stereocenters. The number of aromatic nitrogens is 2. The van der Waals surface area contributed by atoms with E-state index in [2.05, 4.69) is 9.97 Å². The van der Waals surface area contributed by atoms with Gasteiger partial charge < -0.3 is 5.11 Å². The van der Waals surface area contributed by atoms with E-state index in [9.17, 15) is 13.5 Å². The molecule has 5 nitrogen and oxygen atoms in total. The molecule has 0 saturated carbocycles. The van der Waals surface area contributed by atoms with Gasteiger partial charge in [-0.3, -0.25) is 0 Å². The van der Waals surface area contributed by atoms with Crippen LogP contribution in [0.5, 0.6) is 0 Å². The molecule has 1 aliphatic rings. The van der Waals surface area contributed by atoms with Gasteiger partial charge in [0, 0.05) is 18.0 Å². The van der Waals surface area contributed by atoms with Crippen molar-refractivity contribution >= 4 is 9.84 Å². The molecule has 76 valence electrons. The summed E-state index contributed by atoms with van der Waals surface area (Å²) in [4.78, 5) is 7.51. The van der Waals surface area contributed by atoms with Crippen LogP contribution < -0.4 is 0 Å². The summed E-state index contributed by atoms with van der Waals surface area (Å²) in [6, 6.07) is 0. The average Bonchev–Trinajstić information content (AvgIpc) is 2.44. The van der Waals surface area contributed by atoms with E-state index < -0.39 is 15.4 Å². The zero-order chi connectivity index (χ0) is 10.2. The lowest BCUT2D eigenvalue weighted by atomic mass is 9.96. The van der Waals surface area contributed by atoms with E-state index in [0.29, 0.717) is 5.56 Å². The van der Waals surface area contributed by atoms with Crippen LogP contribution in [0.4, 0.5) is 0 Å². The van der Waals surface area contributed by atoms with Crippen LogP contribution in [0.2, 0.25) is 0 Å². The second kappa shape index (κ2) is 2.99. The molecule has 0 spiro atoms. The Kier molecular flexibility index (Phi) is 2.04. The van der Waals surface area contributed by atoms with Gasteiger partial charge in [0.05, 0.1) is 11.5 Å². The van der Waals surface area contributed by atoms with E-state index >= 15 is 0 Å². The van der Waals surface area contributed by atoms with Crippen molar-refractivity contribution in [3.8, 4) is 0 Å². The topological polar surface area (TPSA) is 80.2 Å². The third kappa shape index (κ3) is 1.62. The normalized spacial score (nSPS) is 30.4. The minimum absolute atomic E-state index is 0.0262. The maximum atomic E-state index is 11.2. The van der Waals surface area contributed by atoms with Crippen molar-refractivity contribution in [2.24, 2.45) is 0 Å². The standard InChI is InChI=1S/C8H10N2O3S/c11-8(1-2-14(12,13)5-8)7-3-9-6-10-4-7/h3-4,6,11H,1-2,5H2. The van der Waals surface area contributed by atoms with E-state index in [4.69, 9.17) is 0 Å². The van der Waals surface area contributed by atoms with Gasteiger partial charge in [-0.2, -0.15) is 0 Å². The van der Waals surface area contributed by atoms with Gasteiger partial charge in [-0.25, -0.2) is 18.4 Å². The van der Waals surface area contributed by atoms with Crippen LogP contribution in [0.15, 0.2) is 18.7 Å². The van der Waals surface area contributed by atoms with E-state index in [0.717, 1.165) is 0 Å². The Labute approximate surface area is 81.7 Å². The summed E-state index contributed by atoms with van der Waals surface area (Å²) in [5.74, 6) is -0.203. The summed E-state index contributed by atoms with van der Waals surface area (Å²) in [5.41, 5.74) is -0.818. The van der Waals surface area contributed by atoms with E-state index in [1.807, 2.05) is 0 Å². The maximum absolute atomic E-state index is 11.2. The minimum Gasteiger partial charge on any atom is -0.384 e. The third-order valence-electron chi connectivity index (χ3n) is 2.38. The van der Waals surface area contributed by atoms with E-state index in [1.165, 1.54) is 18.7 Å². The zero-order valence-electron chi connectivity index (χ0n) is 7.42. The van der Waals surface area contributed by atoms with Crippen LogP contribution in [0, 0.1) is 0 Å². The highest BCUT2D eigenvalue weighted by atomic mass is 32.2. The molecule has 1 aliphatic heterocycles. The molecule has 0 aromatic carbocycles. The highest BCUT2D eigenvalue weighted by Gasteiger charge is 2.42. The number of nitrogens with zero attached hydrogens (tertiary/aromatic N) is 2. The maximum Gasteiger partial charge on any atom is 0.153 e. The Bertz CT molecular complexity index is 431. The lowest BCUT2D eigenvalue weighted by molar-refractivity contribution is 0.0645. The Morgan fingerprint density at radius 2 is 2.00 bits per heavy atom. The van der Waals surface area contributed by atoms with Crippen molar-refractivity contribution in [3.63, 3.8) is 0 Å². The summed E-state index contributed by atoms with van der Waals surface area (Å²) in [6.07, 6.45) is 4.47. The van der Waals surface area contributed by atoms with Gasteiger partial charge in [0.1, 0.15) is 11.9 Å². The van der Waals surface area contributed by atoms with Crippen LogP contribution in [-0.4, -0.2) is 35.0 Å². The second-order valence-corrected chi connectivity index (χ2v) is 5.68. The molecule has 1 N–H and O–H groups in total. The molecular formula is C8H10N2O3S. The first-order valence-corrected chi connectivity index (χ1v) is 6.02. The minimum atomic E-state index is -3.11. The molecule has 1 fully saturated rings. The molecule has 1 unspecified atom stereocenters. The Morgan fingerprint density at radius 1 is 1.36 bits per heavy atom. The quantitative estimate of drug-likeness (QED) is 0.680. The van der Waals surface area contributed by atoms with Crippen LogP contribution in [0.1, 0.15) is 12.0 Å². The fourth-order valence-electron chi connectivity index (χ4n) is 1.60. The summed E-state index contributed by atoms with van der Waals surface area (Å²) < 4.78 is 22.4. The number of aliphatic hydroxyl groups is 1. The first kappa shape index (κ1) is 9.54. The predicted molar refractivity (Wildman–Crippen MR) is 49.2 cm³/mol. The Hall–Kier alpha value is -1.01. The van der Waals surface area contributed by atoms with Crippen molar-refractivity contribution in [1.29, 1.82) is 0 Å². The lowest BCUT2D eigenvalue weighted by Crippen LogP contribution is -2.27. The Balaban J connectivity index is 2.37. The zero-order valence-corrected chi connectivity index (χ0v) is 8.24. The molecule has 0 amide bonds. The summed E-state index contributed by atoms with van der Waals surface area (Å²) >= 11 is 0. The lowest BCUT2D eigenvalue weighted by Gasteiger charge is -2.19. The number of hydrogen-bond donors (Lipinski definition) is 1. The van der Waals surface area contributed by atoms with E-state index in [-0.39, 0.29) is 17.9 Å². The molecule has 0 aliphatic carbocycles. The summed E-state index contributed by atoms with van der Waals surface area (Å²) in [7, 11) is -3.11. The van der Waals surface area contributed by atoms with Crippen molar-refractivity contribution in [1.82, 2.24) is 9.97 Å². The monoisotopic (exact) mass is 214 g/mol. The van der Waals surface area contributed by atoms with Crippen molar-refractivity contribution in [2.75, 3.05) is 11.5 Å². The fraction of sp³-hybridized carbons (Fsp3) is 0.500. The van der Waals surface area contributed by atoms with Gasteiger partial charge in [0.2, 0.25) is 0 Å². The molecule has 1 aromatic rings. The third-order valence-corrected chi connectivity index (χ3v) is 4.13. The van der Waals surface area contributed by atoms with Crippen LogP contribution in [0.3, 0.4) is 0 Å². The molecule has 14 heavy (non-hydrogen) atoms. The largest absolute Gasteiger partial charge is 0.384 e. The van der Waals surface area contributed by atoms with Crippen LogP contribution >= 0.6 is 0 Å². The first-order valence-electron chi connectivity index (χ1n) is 4.20. The van der Waals surface area contributed by atoms with Gasteiger partial charge in [0.15, 0.2) is 9.84 Å². The molecule has 1 saturated heterocycles. The van der Waals surface area contributed by atoms with Crippen LogP contribution in [0.25, 0.3) is 0 Å². The molecule has 2 rings (SSSR count). The van der Waals surface area contributed by atoms with Gasteiger partial charge in [0.25, 0.3) is 0 Å². The molecular weight excluding hydrogens is 204 g/mol. The average molecular weight is 214 g/mol. The summed E-state index contributed by atoms with van der Waals surface area (Å²) in [6.45, 7) is 0. The highest BCUT2D eigenvalue weighted by molar-refractivity contribution is 7.91. The van der Waals surface area contributed by atoms with Gasteiger partial charge in [-0.1, -0.05) is 0 Å². The predicted octanol–water partition coefficient (Wildman–Crippen LogP) is -0.517. The second-order valence-electron chi connectivity index (χ2n) is 3.50. The van der Waals surface area contributed by atoms with Gasteiger partial charge in [-0.05, 0) is 6.42 Å². The van der Waals surface area contributed by atoms with Crippen molar-refractivity contribution < 1.29 is 13.5 Å². The number of sulfone groups is 1. The Morgan fingerprint density at radius 3 is 2.50 bits per heavy atom. The molecule has 2 heterocycles. The van der Waals surface area contributed by atoms with Crippen molar-refractivity contribution in [3.05, 3.63) is 24.3 Å². The smallest absolute Gasteiger partial charge is 0.153 e. The van der Waals surface area contributed by atoms with Gasteiger partial charge in [-0.15, -0.1) is 0 Å². The molecule has 6 heteroatoms. The van der Waals surface area contributed by atoms with Crippen LogP contribution in [-0.2, 0) is 15.4 Å². The SMILES string of the molecule is O=S1(=O)CCC(O)(c2cncnc2)C1. The molecule has 1 aromatic heterocycles. The number of rotatable bonds is 1. The van der Waals surface area contributed by atoms with Crippen molar-refractivity contribution in [2.45, 2.75) is 12.0 Å². The highest BCUT2D eigenvalue weighted by Crippen LogP contribution is 2.32. The molecule has 0 bridgehead atoms. The molecule has 0 radical (unpaired) electrons. The number of hydrogen-bond acceptors (Lipinski definition) is 5. The first-order chi connectivity index (χ1) is 6.52. The van der Waals surface area contributed by atoms with E-state index in [1.54, 1.807) is 0 Å². The van der Waals surface area contributed by atoms with Gasteiger partial charge >= 0.3 is 0 Å². The summed E-state index contributed by atoms with van der Waals surface area (Å²) in [5, 5.41) is 10.0. The fourth-order valence-corrected chi connectivity index (χ4v) is 3.43.